The number of rotatable bonds is 9. The molecule has 2 heteroatoms. The average Bonchev–Trinajstić information content (AvgIpc) is 2.66. The van der Waals surface area contributed by atoms with Gasteiger partial charge in [-0.05, 0) is 71.9 Å². The van der Waals surface area contributed by atoms with E-state index in [2.05, 4.69) is 65.9 Å². The van der Waals surface area contributed by atoms with Gasteiger partial charge in [-0.15, -0.1) is 0 Å². The molecule has 0 atom stereocenters. The molecule has 0 aliphatic rings. The zero-order chi connectivity index (χ0) is 20.9. The number of nitrogens with one attached hydrogen (secondary N) is 1. The number of phenols is 1. The van der Waals surface area contributed by atoms with Crippen molar-refractivity contribution in [1.29, 1.82) is 0 Å². The topological polar surface area (TPSA) is 32.3 Å². The lowest BCUT2D eigenvalue weighted by molar-refractivity contribution is 0.465. The van der Waals surface area contributed by atoms with Gasteiger partial charge >= 0.3 is 0 Å². The Bertz CT molecular complexity index is 752. The first-order chi connectivity index (χ1) is 13.1. The van der Waals surface area contributed by atoms with Crippen molar-refractivity contribution in [3.63, 3.8) is 0 Å². The summed E-state index contributed by atoms with van der Waals surface area (Å²) in [5, 5.41) is 13.7. The van der Waals surface area contributed by atoms with Crippen LogP contribution in [0.15, 0.2) is 36.4 Å². The number of hydrogen-bond acceptors (Lipinski definition) is 2. The van der Waals surface area contributed by atoms with Crippen LogP contribution in [0.4, 0.5) is 0 Å². The third-order valence-corrected chi connectivity index (χ3v) is 6.48. The smallest absolute Gasteiger partial charge is 0.118 e. The van der Waals surface area contributed by atoms with Gasteiger partial charge in [-0.1, -0.05) is 77.4 Å². The molecular formula is C26H39NO. The second-order valence-corrected chi connectivity index (χ2v) is 9.37. The van der Waals surface area contributed by atoms with E-state index in [1.807, 2.05) is 18.2 Å². The van der Waals surface area contributed by atoms with Crippen LogP contribution in [-0.4, -0.2) is 11.7 Å². The van der Waals surface area contributed by atoms with Gasteiger partial charge in [0.2, 0.25) is 0 Å². The fourth-order valence-corrected chi connectivity index (χ4v) is 3.75. The molecule has 0 fully saturated rings. The summed E-state index contributed by atoms with van der Waals surface area (Å²) in [6.45, 7) is 17.9. The number of aryl methyl sites for hydroxylation is 1. The molecule has 28 heavy (non-hydrogen) atoms. The highest BCUT2D eigenvalue weighted by Crippen LogP contribution is 2.38. The third-order valence-electron chi connectivity index (χ3n) is 6.48. The lowest BCUT2D eigenvalue weighted by Gasteiger charge is -2.34. The predicted molar refractivity (Wildman–Crippen MR) is 121 cm³/mol. The highest BCUT2D eigenvalue weighted by Gasteiger charge is 2.28. The molecule has 0 bridgehead atoms. The standard InChI is InChI=1S/C26H39NO/c1-8-25(4,5)22-16-19(3)17-23(26(6,7)9-2)21(22)18-27-15-14-20-12-10-11-13-24(20)28/h10-13,16-17,27-28H,8-9,14-15,18H2,1-7H3. The van der Waals surface area contributed by atoms with E-state index in [1.165, 1.54) is 22.3 Å². The molecule has 0 aliphatic heterocycles. The molecule has 0 spiro atoms. The molecule has 0 radical (unpaired) electrons. The van der Waals surface area contributed by atoms with E-state index in [0.29, 0.717) is 5.75 Å². The minimum absolute atomic E-state index is 0.152. The summed E-state index contributed by atoms with van der Waals surface area (Å²) in [6, 6.07) is 12.4. The monoisotopic (exact) mass is 381 g/mol. The molecule has 0 unspecified atom stereocenters. The zero-order valence-electron chi connectivity index (χ0n) is 18.9. The molecule has 2 N–H and O–H groups in total. The van der Waals surface area contributed by atoms with E-state index in [-0.39, 0.29) is 10.8 Å². The molecule has 2 nitrogen and oxygen atoms in total. The Kier molecular flexibility index (Phi) is 7.33. The molecule has 2 aromatic rings. The summed E-state index contributed by atoms with van der Waals surface area (Å²) in [5.74, 6) is 0.389. The van der Waals surface area contributed by atoms with E-state index in [0.717, 1.165) is 37.9 Å². The normalized spacial score (nSPS) is 12.4. The molecule has 0 aliphatic carbocycles. The molecule has 2 aromatic carbocycles. The van der Waals surface area contributed by atoms with Crippen LogP contribution >= 0.6 is 0 Å². The lowest BCUT2D eigenvalue weighted by atomic mass is 9.72. The first-order valence-electron chi connectivity index (χ1n) is 10.7. The van der Waals surface area contributed by atoms with Crippen molar-refractivity contribution in [2.75, 3.05) is 6.54 Å². The highest BCUT2D eigenvalue weighted by molar-refractivity contribution is 5.46. The maximum atomic E-state index is 10.00. The van der Waals surface area contributed by atoms with Crippen molar-refractivity contribution in [3.8, 4) is 5.75 Å². The Balaban J connectivity index is 2.31. The van der Waals surface area contributed by atoms with Gasteiger partial charge in [-0.2, -0.15) is 0 Å². The van der Waals surface area contributed by atoms with Crippen LogP contribution in [0, 0.1) is 6.92 Å². The molecule has 0 saturated heterocycles. The van der Waals surface area contributed by atoms with Crippen LogP contribution < -0.4 is 5.32 Å². The van der Waals surface area contributed by atoms with E-state index in [4.69, 9.17) is 0 Å². The summed E-state index contributed by atoms with van der Waals surface area (Å²) >= 11 is 0. The summed E-state index contributed by atoms with van der Waals surface area (Å²) in [5.41, 5.74) is 7.07. The Hall–Kier alpha value is -1.80. The van der Waals surface area contributed by atoms with Crippen LogP contribution in [0.5, 0.6) is 5.75 Å². The van der Waals surface area contributed by atoms with E-state index in [9.17, 15) is 5.11 Å². The SMILES string of the molecule is CCC(C)(C)c1cc(C)cc(C(C)(C)CC)c1CNCCc1ccccc1O. The number of phenolic OH excluding ortho intramolecular Hbond substituents is 1. The predicted octanol–water partition coefficient (Wildman–Crippen LogP) is 6.41. The van der Waals surface area contributed by atoms with Crippen molar-refractivity contribution in [2.45, 2.75) is 85.1 Å². The molecule has 154 valence electrons. The van der Waals surface area contributed by atoms with Gasteiger partial charge in [0.1, 0.15) is 5.75 Å². The van der Waals surface area contributed by atoms with Gasteiger partial charge in [-0.3, -0.25) is 0 Å². The Morgan fingerprint density at radius 1 is 0.893 bits per heavy atom. The fourth-order valence-electron chi connectivity index (χ4n) is 3.75. The Morgan fingerprint density at radius 3 is 1.93 bits per heavy atom. The molecule has 0 amide bonds. The Morgan fingerprint density at radius 2 is 1.43 bits per heavy atom. The van der Waals surface area contributed by atoms with Gasteiger partial charge in [0, 0.05) is 6.54 Å². The van der Waals surface area contributed by atoms with Gasteiger partial charge in [0.05, 0.1) is 0 Å². The molecule has 2 rings (SSSR count). The molecule has 0 aromatic heterocycles. The van der Waals surface area contributed by atoms with Crippen LogP contribution in [0.3, 0.4) is 0 Å². The minimum atomic E-state index is 0.152. The number of aromatic hydroxyl groups is 1. The minimum Gasteiger partial charge on any atom is -0.508 e. The van der Waals surface area contributed by atoms with Crippen LogP contribution in [0.25, 0.3) is 0 Å². The van der Waals surface area contributed by atoms with Crippen LogP contribution in [0.1, 0.15) is 82.2 Å². The molecule has 0 saturated carbocycles. The van der Waals surface area contributed by atoms with Gasteiger partial charge in [0.25, 0.3) is 0 Å². The second kappa shape index (κ2) is 9.13. The van der Waals surface area contributed by atoms with Crippen molar-refractivity contribution in [3.05, 3.63) is 64.2 Å². The zero-order valence-corrected chi connectivity index (χ0v) is 18.9. The third kappa shape index (κ3) is 5.17. The second-order valence-electron chi connectivity index (χ2n) is 9.37. The average molecular weight is 382 g/mol. The van der Waals surface area contributed by atoms with Crippen molar-refractivity contribution in [2.24, 2.45) is 0 Å². The Labute approximate surface area is 172 Å². The van der Waals surface area contributed by atoms with E-state index < -0.39 is 0 Å². The number of benzene rings is 2. The largest absolute Gasteiger partial charge is 0.508 e. The first kappa shape index (κ1) is 22.5. The van der Waals surface area contributed by atoms with Gasteiger partial charge in [0.15, 0.2) is 0 Å². The van der Waals surface area contributed by atoms with Gasteiger partial charge < -0.3 is 10.4 Å². The summed E-state index contributed by atoms with van der Waals surface area (Å²) in [7, 11) is 0. The van der Waals surface area contributed by atoms with Crippen molar-refractivity contribution >= 4 is 0 Å². The lowest BCUT2D eigenvalue weighted by Crippen LogP contribution is -2.28. The maximum absolute atomic E-state index is 10.00. The quantitative estimate of drug-likeness (QED) is 0.492. The van der Waals surface area contributed by atoms with E-state index in [1.54, 1.807) is 6.07 Å². The fraction of sp³-hybridized carbons (Fsp3) is 0.538. The summed E-state index contributed by atoms with van der Waals surface area (Å²) in [6.07, 6.45) is 3.07. The first-order valence-corrected chi connectivity index (χ1v) is 10.7. The maximum Gasteiger partial charge on any atom is 0.118 e. The van der Waals surface area contributed by atoms with Crippen molar-refractivity contribution in [1.82, 2.24) is 5.32 Å². The molecule has 0 heterocycles. The highest BCUT2D eigenvalue weighted by atomic mass is 16.3. The van der Waals surface area contributed by atoms with Crippen LogP contribution in [0.2, 0.25) is 0 Å². The van der Waals surface area contributed by atoms with Gasteiger partial charge in [-0.25, -0.2) is 0 Å². The summed E-state index contributed by atoms with van der Waals surface area (Å²) < 4.78 is 0. The van der Waals surface area contributed by atoms with E-state index >= 15 is 0 Å². The molecular weight excluding hydrogens is 342 g/mol. The summed E-state index contributed by atoms with van der Waals surface area (Å²) in [4.78, 5) is 0. The van der Waals surface area contributed by atoms with Crippen LogP contribution in [-0.2, 0) is 23.8 Å². The number of hydrogen-bond donors (Lipinski definition) is 2. The van der Waals surface area contributed by atoms with Crippen molar-refractivity contribution < 1.29 is 5.11 Å². The number of para-hydroxylation sites is 1.